The number of nitrogens with zero attached hydrogens (tertiary/aromatic N) is 4. The Balaban J connectivity index is 1.74. The second kappa shape index (κ2) is 9.49. The van der Waals surface area contributed by atoms with E-state index < -0.39 is 17.3 Å². The second-order valence-corrected chi connectivity index (χ2v) is 10.4. The molecule has 3 heterocycles. The molecule has 1 saturated heterocycles. The molecular formula is C25H24ClF2N5O2S. The molecule has 1 unspecified atom stereocenters. The highest BCUT2D eigenvalue weighted by Crippen LogP contribution is 2.44. The minimum atomic E-state index is -0.839. The smallest absolute Gasteiger partial charge is 0.350 e. The molecule has 1 atom stereocenters. The van der Waals surface area contributed by atoms with Gasteiger partial charge in [-0.15, -0.1) is 11.8 Å². The molecule has 1 amide bonds. The fourth-order valence-corrected chi connectivity index (χ4v) is 6.29. The van der Waals surface area contributed by atoms with Crippen LogP contribution in [-0.2, 0) is 11.3 Å². The molecule has 2 N–H and O–H groups in total. The molecule has 0 bridgehead atoms. The highest BCUT2D eigenvalue weighted by molar-refractivity contribution is 7.99. The second-order valence-electron chi connectivity index (χ2n) is 8.96. The largest absolute Gasteiger partial charge is 0.352 e. The van der Waals surface area contributed by atoms with Gasteiger partial charge in [0.2, 0.25) is 5.91 Å². The Hall–Kier alpha value is -2.95. The summed E-state index contributed by atoms with van der Waals surface area (Å²) in [5, 5.41) is 0.553. The summed E-state index contributed by atoms with van der Waals surface area (Å²) in [7, 11) is 0. The van der Waals surface area contributed by atoms with Crippen molar-refractivity contribution in [3.63, 3.8) is 0 Å². The predicted molar refractivity (Wildman–Crippen MR) is 139 cm³/mol. The normalized spacial score (nSPS) is 17.9. The molecule has 36 heavy (non-hydrogen) atoms. The van der Waals surface area contributed by atoms with Crippen LogP contribution in [0.15, 0.2) is 40.5 Å². The van der Waals surface area contributed by atoms with E-state index in [1.165, 1.54) is 23.9 Å². The van der Waals surface area contributed by atoms with Gasteiger partial charge in [-0.05, 0) is 30.7 Å². The average Bonchev–Trinajstić information content (AvgIpc) is 3.03. The van der Waals surface area contributed by atoms with Crippen molar-refractivity contribution < 1.29 is 13.6 Å². The zero-order valence-corrected chi connectivity index (χ0v) is 21.1. The van der Waals surface area contributed by atoms with E-state index in [0.717, 1.165) is 17.0 Å². The standard InChI is InChI=1S/C25H24ClF2N5O2S/c1-3-20(34)31-4-6-32(7-5-31)24-16-8-13(2)21(15-9-17(26)19(28)10-18(15)27)23-22(16)33(25(35)30-24)11-14(29)12-36-23/h3,8-10,14H,1,4-7,11-12,29H2,2H3. The summed E-state index contributed by atoms with van der Waals surface area (Å²) in [6.45, 7) is 7.59. The summed E-state index contributed by atoms with van der Waals surface area (Å²) in [6.07, 6.45) is 1.29. The highest BCUT2D eigenvalue weighted by Gasteiger charge is 2.29. The molecule has 0 spiro atoms. The lowest BCUT2D eigenvalue weighted by atomic mass is 9.97. The van der Waals surface area contributed by atoms with Crippen LogP contribution in [0, 0.1) is 18.6 Å². The SMILES string of the molecule is C=CC(=O)N1CCN(c2nc(=O)n3c4c(c(-c5cc(Cl)c(F)cc5F)c(C)cc24)SCC(N)C3)CC1. The van der Waals surface area contributed by atoms with Gasteiger partial charge < -0.3 is 15.5 Å². The minimum Gasteiger partial charge on any atom is -0.352 e. The summed E-state index contributed by atoms with van der Waals surface area (Å²) >= 11 is 7.46. The van der Waals surface area contributed by atoms with Crippen LogP contribution in [0.3, 0.4) is 0 Å². The quantitative estimate of drug-likeness (QED) is 0.411. The van der Waals surface area contributed by atoms with E-state index in [1.807, 2.05) is 17.9 Å². The fraction of sp³-hybridized carbons (Fsp3) is 0.320. The summed E-state index contributed by atoms with van der Waals surface area (Å²) in [6, 6.07) is 3.61. The monoisotopic (exact) mass is 531 g/mol. The van der Waals surface area contributed by atoms with E-state index in [4.69, 9.17) is 17.3 Å². The van der Waals surface area contributed by atoms with Crippen LogP contribution in [0.5, 0.6) is 0 Å². The van der Waals surface area contributed by atoms with E-state index in [9.17, 15) is 14.0 Å². The topological polar surface area (TPSA) is 84.5 Å². The predicted octanol–water partition coefficient (Wildman–Crippen LogP) is 3.57. The number of hydrogen-bond acceptors (Lipinski definition) is 6. The van der Waals surface area contributed by atoms with Crippen LogP contribution in [0.2, 0.25) is 5.02 Å². The van der Waals surface area contributed by atoms with E-state index in [-0.39, 0.29) is 29.1 Å². The molecule has 0 aliphatic carbocycles. The number of carbonyl (C=O) groups excluding carboxylic acids is 1. The van der Waals surface area contributed by atoms with E-state index in [2.05, 4.69) is 11.6 Å². The van der Waals surface area contributed by atoms with Gasteiger partial charge in [-0.25, -0.2) is 13.6 Å². The molecule has 5 rings (SSSR count). The maximum Gasteiger partial charge on any atom is 0.350 e. The van der Waals surface area contributed by atoms with Crippen molar-refractivity contribution in [2.75, 3.05) is 36.8 Å². The Morgan fingerprint density at radius 1 is 1.22 bits per heavy atom. The zero-order valence-electron chi connectivity index (χ0n) is 19.6. The minimum absolute atomic E-state index is 0.137. The molecule has 1 aromatic heterocycles. The van der Waals surface area contributed by atoms with Crippen LogP contribution in [0.25, 0.3) is 22.0 Å². The number of aryl methyl sites for hydroxylation is 1. The first-order valence-electron chi connectivity index (χ1n) is 11.5. The Morgan fingerprint density at radius 2 is 1.94 bits per heavy atom. The number of rotatable bonds is 3. The van der Waals surface area contributed by atoms with Gasteiger partial charge in [-0.1, -0.05) is 18.2 Å². The lowest BCUT2D eigenvalue weighted by molar-refractivity contribution is -0.126. The summed E-state index contributed by atoms with van der Waals surface area (Å²) in [5.74, 6) is -0.699. The van der Waals surface area contributed by atoms with Gasteiger partial charge in [0, 0.05) is 72.0 Å². The van der Waals surface area contributed by atoms with Gasteiger partial charge in [-0.3, -0.25) is 9.36 Å². The third-order valence-corrected chi connectivity index (χ3v) is 8.17. The van der Waals surface area contributed by atoms with Crippen LogP contribution in [-0.4, -0.2) is 58.3 Å². The first kappa shape index (κ1) is 24.7. The number of nitrogens with two attached hydrogens (primary N) is 1. The molecule has 2 aliphatic rings. The van der Waals surface area contributed by atoms with Crippen LogP contribution in [0.1, 0.15) is 5.56 Å². The highest BCUT2D eigenvalue weighted by atomic mass is 35.5. The summed E-state index contributed by atoms with van der Waals surface area (Å²) < 4.78 is 30.5. The van der Waals surface area contributed by atoms with Crippen LogP contribution in [0.4, 0.5) is 14.6 Å². The van der Waals surface area contributed by atoms with E-state index >= 15 is 4.39 Å². The van der Waals surface area contributed by atoms with Crippen molar-refractivity contribution in [2.24, 2.45) is 5.73 Å². The van der Waals surface area contributed by atoms with Gasteiger partial charge in [0.25, 0.3) is 0 Å². The van der Waals surface area contributed by atoms with Crippen molar-refractivity contribution in [1.29, 1.82) is 0 Å². The molecule has 11 heteroatoms. The lowest BCUT2D eigenvalue weighted by Gasteiger charge is -2.35. The Labute approximate surface area is 215 Å². The van der Waals surface area contributed by atoms with E-state index in [1.54, 1.807) is 9.47 Å². The summed E-state index contributed by atoms with van der Waals surface area (Å²) in [4.78, 5) is 34.1. The molecule has 1 fully saturated rings. The molecule has 7 nitrogen and oxygen atoms in total. The van der Waals surface area contributed by atoms with Crippen molar-refractivity contribution >= 4 is 46.0 Å². The first-order chi connectivity index (χ1) is 17.2. The number of thioether (sulfide) groups is 1. The van der Waals surface area contributed by atoms with Crippen molar-refractivity contribution in [3.05, 3.63) is 63.6 Å². The first-order valence-corrected chi connectivity index (χ1v) is 12.8. The van der Waals surface area contributed by atoms with Crippen molar-refractivity contribution in [2.45, 2.75) is 24.4 Å². The van der Waals surface area contributed by atoms with E-state index in [0.29, 0.717) is 53.7 Å². The zero-order chi connectivity index (χ0) is 25.7. The number of amides is 1. The van der Waals surface area contributed by atoms with Gasteiger partial charge >= 0.3 is 5.69 Å². The number of carbonyl (C=O) groups is 1. The third kappa shape index (κ3) is 4.16. The Kier molecular flexibility index (Phi) is 6.52. The summed E-state index contributed by atoms with van der Waals surface area (Å²) in [5.41, 5.74) is 7.90. The molecule has 2 aliphatic heterocycles. The fourth-order valence-electron chi connectivity index (χ4n) is 4.87. The molecule has 3 aromatic rings. The Morgan fingerprint density at radius 3 is 2.64 bits per heavy atom. The van der Waals surface area contributed by atoms with Gasteiger partial charge in [0.1, 0.15) is 17.5 Å². The van der Waals surface area contributed by atoms with Gasteiger partial charge in [-0.2, -0.15) is 4.98 Å². The molecule has 0 saturated carbocycles. The molecule has 188 valence electrons. The van der Waals surface area contributed by atoms with Crippen LogP contribution < -0.4 is 16.3 Å². The third-order valence-electron chi connectivity index (χ3n) is 6.60. The molecule has 0 radical (unpaired) electrons. The van der Waals surface area contributed by atoms with Gasteiger partial charge in [0.15, 0.2) is 0 Å². The number of anilines is 1. The van der Waals surface area contributed by atoms with Crippen molar-refractivity contribution in [3.8, 4) is 11.1 Å². The van der Waals surface area contributed by atoms with Crippen molar-refractivity contribution in [1.82, 2.24) is 14.5 Å². The van der Waals surface area contributed by atoms with Crippen LogP contribution >= 0.6 is 23.4 Å². The lowest BCUT2D eigenvalue weighted by Crippen LogP contribution is -2.49. The number of piperazine rings is 1. The average molecular weight is 532 g/mol. The number of aromatic nitrogens is 2. The number of benzene rings is 2. The number of halogens is 3. The van der Waals surface area contributed by atoms with Gasteiger partial charge in [0.05, 0.1) is 10.5 Å². The maximum absolute atomic E-state index is 15.0. The Bertz CT molecular complexity index is 1470. The molecule has 2 aromatic carbocycles. The number of hydrogen-bond donors (Lipinski definition) is 1. The molecular weight excluding hydrogens is 508 g/mol. The maximum atomic E-state index is 15.0.